The van der Waals surface area contributed by atoms with Gasteiger partial charge in [-0.2, -0.15) is 0 Å². The van der Waals surface area contributed by atoms with E-state index in [-0.39, 0.29) is 17.9 Å². The maximum absolute atomic E-state index is 11.6. The molecule has 1 rings (SSSR count). The summed E-state index contributed by atoms with van der Waals surface area (Å²) in [5.74, 6) is -0.106. The van der Waals surface area contributed by atoms with E-state index >= 15 is 0 Å². The molecule has 0 aromatic carbocycles. The summed E-state index contributed by atoms with van der Waals surface area (Å²) in [6, 6.07) is 3.52. The summed E-state index contributed by atoms with van der Waals surface area (Å²) in [6.45, 7) is 4.73. The van der Waals surface area contributed by atoms with Crippen LogP contribution < -0.4 is 5.32 Å². The number of aromatic nitrogens is 1. The fourth-order valence-electron chi connectivity index (χ4n) is 1.28. The summed E-state index contributed by atoms with van der Waals surface area (Å²) >= 11 is 0. The second kappa shape index (κ2) is 4.98. The fourth-order valence-corrected chi connectivity index (χ4v) is 1.28. The summed E-state index contributed by atoms with van der Waals surface area (Å²) in [6.07, 6.45) is 2.39. The number of hydrogen-bond donors (Lipinski definition) is 3. The van der Waals surface area contributed by atoms with E-state index in [1.165, 1.54) is 0 Å². The molecule has 4 heteroatoms. The number of carbonyl (C=O) groups is 1. The fraction of sp³-hybridized carbons (Fsp3) is 0.545. The lowest BCUT2D eigenvalue weighted by Gasteiger charge is -2.23. The smallest absolute Gasteiger partial charge is 0.267 e. The summed E-state index contributed by atoms with van der Waals surface area (Å²) in [4.78, 5) is 14.4. The maximum atomic E-state index is 11.6. The highest BCUT2D eigenvalue weighted by Gasteiger charge is 2.18. The van der Waals surface area contributed by atoms with Crippen LogP contribution in [0.15, 0.2) is 18.3 Å². The molecule has 0 radical (unpaired) electrons. The highest BCUT2D eigenvalue weighted by atomic mass is 16.3. The molecule has 3 N–H and O–H groups in total. The van der Waals surface area contributed by atoms with Crippen LogP contribution in [0.3, 0.4) is 0 Å². The van der Waals surface area contributed by atoms with Gasteiger partial charge in [0.15, 0.2) is 0 Å². The van der Waals surface area contributed by atoms with E-state index in [1.807, 2.05) is 13.8 Å². The number of nitrogens with one attached hydrogen (secondary N) is 2. The van der Waals surface area contributed by atoms with Gasteiger partial charge in [0.05, 0.1) is 0 Å². The Balaban J connectivity index is 2.40. The molecule has 0 aliphatic rings. The molecule has 0 aliphatic carbocycles. The number of amides is 1. The van der Waals surface area contributed by atoms with Gasteiger partial charge in [-0.05, 0) is 24.0 Å². The SMILES string of the molecule is CC(C)(CCO)CNC(=O)c1ccc[nH]1. The van der Waals surface area contributed by atoms with Gasteiger partial charge in [0.2, 0.25) is 0 Å². The highest BCUT2D eigenvalue weighted by Crippen LogP contribution is 2.17. The van der Waals surface area contributed by atoms with Crippen molar-refractivity contribution in [2.45, 2.75) is 20.3 Å². The molecule has 0 saturated heterocycles. The maximum Gasteiger partial charge on any atom is 0.267 e. The average molecular weight is 210 g/mol. The second-order valence-corrected chi connectivity index (χ2v) is 4.40. The number of aliphatic hydroxyl groups is 1. The molecule has 0 spiro atoms. The third-order valence-electron chi connectivity index (χ3n) is 2.36. The Labute approximate surface area is 89.7 Å². The minimum atomic E-state index is -0.106. The van der Waals surface area contributed by atoms with Crippen molar-refractivity contribution in [3.05, 3.63) is 24.0 Å². The highest BCUT2D eigenvalue weighted by molar-refractivity contribution is 5.92. The molecule has 0 unspecified atom stereocenters. The first-order valence-corrected chi connectivity index (χ1v) is 5.08. The van der Waals surface area contributed by atoms with Crippen LogP contribution in [0.25, 0.3) is 0 Å². The first-order chi connectivity index (χ1) is 7.05. The van der Waals surface area contributed by atoms with Crippen molar-refractivity contribution in [2.24, 2.45) is 5.41 Å². The van der Waals surface area contributed by atoms with E-state index in [0.717, 1.165) is 0 Å². The number of aliphatic hydroxyl groups excluding tert-OH is 1. The Hall–Kier alpha value is -1.29. The molecule has 0 aliphatic heterocycles. The van der Waals surface area contributed by atoms with E-state index in [2.05, 4.69) is 10.3 Å². The van der Waals surface area contributed by atoms with Gasteiger partial charge in [0.25, 0.3) is 5.91 Å². The van der Waals surface area contributed by atoms with Crippen LogP contribution in [-0.4, -0.2) is 29.1 Å². The number of carbonyl (C=O) groups excluding carboxylic acids is 1. The Morgan fingerprint density at radius 2 is 2.33 bits per heavy atom. The summed E-state index contributed by atoms with van der Waals surface area (Å²) in [5, 5.41) is 11.7. The number of H-pyrrole nitrogens is 1. The van der Waals surface area contributed by atoms with Gasteiger partial charge in [-0.25, -0.2) is 0 Å². The topological polar surface area (TPSA) is 65.1 Å². The molecule has 84 valence electrons. The van der Waals surface area contributed by atoms with Crippen LogP contribution in [0.2, 0.25) is 0 Å². The van der Waals surface area contributed by atoms with Crippen LogP contribution in [0.4, 0.5) is 0 Å². The average Bonchev–Trinajstić information content (AvgIpc) is 2.67. The van der Waals surface area contributed by atoms with Crippen LogP contribution in [0.5, 0.6) is 0 Å². The molecule has 4 nitrogen and oxygen atoms in total. The van der Waals surface area contributed by atoms with Crippen molar-refractivity contribution in [2.75, 3.05) is 13.2 Å². The first-order valence-electron chi connectivity index (χ1n) is 5.08. The molecule has 0 bridgehead atoms. The largest absolute Gasteiger partial charge is 0.396 e. The summed E-state index contributed by atoms with van der Waals surface area (Å²) < 4.78 is 0. The van der Waals surface area contributed by atoms with Crippen LogP contribution in [-0.2, 0) is 0 Å². The lowest BCUT2D eigenvalue weighted by atomic mass is 9.90. The number of hydrogen-bond acceptors (Lipinski definition) is 2. The van der Waals surface area contributed by atoms with Gasteiger partial charge in [0, 0.05) is 19.3 Å². The van der Waals surface area contributed by atoms with Crippen LogP contribution in [0, 0.1) is 5.41 Å². The van der Waals surface area contributed by atoms with Crippen LogP contribution in [0.1, 0.15) is 30.8 Å². The van der Waals surface area contributed by atoms with E-state index in [9.17, 15) is 4.79 Å². The van der Waals surface area contributed by atoms with Gasteiger partial charge in [0.1, 0.15) is 5.69 Å². The molecule has 1 heterocycles. The molecule has 1 aromatic rings. The predicted molar refractivity (Wildman–Crippen MR) is 58.6 cm³/mol. The van der Waals surface area contributed by atoms with Crippen molar-refractivity contribution in [3.63, 3.8) is 0 Å². The predicted octanol–water partition coefficient (Wildman–Crippen LogP) is 1.15. The molecule has 1 aromatic heterocycles. The van der Waals surface area contributed by atoms with Crippen molar-refractivity contribution < 1.29 is 9.90 Å². The monoisotopic (exact) mass is 210 g/mol. The lowest BCUT2D eigenvalue weighted by molar-refractivity contribution is 0.0924. The Kier molecular flexibility index (Phi) is 3.91. The second-order valence-electron chi connectivity index (χ2n) is 4.40. The van der Waals surface area contributed by atoms with Gasteiger partial charge in [-0.15, -0.1) is 0 Å². The standard InChI is InChI=1S/C11H18N2O2/c1-11(2,5-7-14)8-13-10(15)9-4-3-6-12-9/h3-4,6,12,14H,5,7-8H2,1-2H3,(H,13,15). The van der Waals surface area contributed by atoms with Crippen molar-refractivity contribution in [1.29, 1.82) is 0 Å². The molecule has 0 saturated carbocycles. The molecular formula is C11H18N2O2. The van der Waals surface area contributed by atoms with Crippen LogP contribution >= 0.6 is 0 Å². The van der Waals surface area contributed by atoms with Crippen molar-refractivity contribution in [1.82, 2.24) is 10.3 Å². The Morgan fingerprint density at radius 1 is 1.60 bits per heavy atom. The van der Waals surface area contributed by atoms with Crippen molar-refractivity contribution >= 4 is 5.91 Å². The van der Waals surface area contributed by atoms with E-state index < -0.39 is 0 Å². The first kappa shape index (κ1) is 11.8. The quantitative estimate of drug-likeness (QED) is 0.682. The normalized spacial score (nSPS) is 11.4. The minimum absolute atomic E-state index is 0.0724. The van der Waals surface area contributed by atoms with Gasteiger partial charge >= 0.3 is 0 Å². The molecule has 0 atom stereocenters. The molecule has 15 heavy (non-hydrogen) atoms. The zero-order valence-electron chi connectivity index (χ0n) is 9.21. The van der Waals surface area contributed by atoms with E-state index in [0.29, 0.717) is 18.7 Å². The zero-order chi connectivity index (χ0) is 11.3. The van der Waals surface area contributed by atoms with Gasteiger partial charge in [-0.1, -0.05) is 13.8 Å². The summed E-state index contributed by atoms with van der Waals surface area (Å²) in [5.41, 5.74) is 0.492. The lowest BCUT2D eigenvalue weighted by Crippen LogP contribution is -2.34. The Bertz CT molecular complexity index is 304. The number of aromatic amines is 1. The molecule has 1 amide bonds. The summed E-state index contributed by atoms with van der Waals surface area (Å²) in [7, 11) is 0. The minimum Gasteiger partial charge on any atom is -0.396 e. The Morgan fingerprint density at radius 3 is 2.87 bits per heavy atom. The molecule has 0 fully saturated rings. The zero-order valence-corrected chi connectivity index (χ0v) is 9.21. The third-order valence-corrected chi connectivity index (χ3v) is 2.36. The van der Waals surface area contributed by atoms with Crippen molar-refractivity contribution in [3.8, 4) is 0 Å². The van der Waals surface area contributed by atoms with Gasteiger partial charge < -0.3 is 15.4 Å². The van der Waals surface area contributed by atoms with E-state index in [1.54, 1.807) is 18.3 Å². The van der Waals surface area contributed by atoms with E-state index in [4.69, 9.17) is 5.11 Å². The number of rotatable bonds is 5. The molecular weight excluding hydrogens is 192 g/mol. The van der Waals surface area contributed by atoms with Gasteiger partial charge in [-0.3, -0.25) is 4.79 Å². The third kappa shape index (κ3) is 3.75.